The predicted molar refractivity (Wildman–Crippen MR) is 312 cm³/mol. The van der Waals surface area contributed by atoms with Gasteiger partial charge in [0.15, 0.2) is 0 Å². The summed E-state index contributed by atoms with van der Waals surface area (Å²) in [6.07, 6.45) is 0. The summed E-state index contributed by atoms with van der Waals surface area (Å²) in [4.78, 5) is 2.46. The van der Waals surface area contributed by atoms with Crippen molar-refractivity contribution in [3.05, 3.63) is 354 Å². The van der Waals surface area contributed by atoms with Crippen molar-refractivity contribution in [2.45, 2.75) is 10.8 Å². The fourth-order valence-electron chi connectivity index (χ4n) is 13.0. The Kier molecular flexibility index (Phi) is 10.7. The van der Waals surface area contributed by atoms with Gasteiger partial charge in [0.1, 0.15) is 0 Å². The number of rotatable bonds is 10. The molecule has 0 saturated carbocycles. The molecule has 1 nitrogen and oxygen atoms in total. The van der Waals surface area contributed by atoms with Gasteiger partial charge in [0, 0.05) is 17.1 Å². The molecule has 0 radical (unpaired) electrons. The second kappa shape index (κ2) is 18.2. The van der Waals surface area contributed by atoms with E-state index in [1.54, 1.807) is 0 Å². The molecule has 14 rings (SSSR count). The van der Waals surface area contributed by atoms with Crippen LogP contribution in [0.25, 0.3) is 55.6 Å². The Morgan fingerprint density at radius 3 is 0.880 bits per heavy atom. The lowest BCUT2D eigenvalue weighted by atomic mass is 9.66. The maximum absolute atomic E-state index is 2.46. The maximum Gasteiger partial charge on any atom is 0.0719 e. The van der Waals surface area contributed by atoms with Gasteiger partial charge >= 0.3 is 0 Å². The highest BCUT2D eigenvalue weighted by Gasteiger charge is 2.49. The summed E-state index contributed by atoms with van der Waals surface area (Å²) in [6, 6.07) is 115. The molecule has 2 aliphatic carbocycles. The number of nitrogens with zero attached hydrogens (tertiary/aromatic N) is 1. The van der Waals surface area contributed by atoms with Crippen LogP contribution < -0.4 is 4.90 Å². The highest BCUT2D eigenvalue weighted by Crippen LogP contribution is 2.61. The monoisotopic (exact) mass is 953 g/mol. The van der Waals surface area contributed by atoms with E-state index in [9.17, 15) is 0 Å². The smallest absolute Gasteiger partial charge is 0.0719 e. The van der Waals surface area contributed by atoms with Gasteiger partial charge in [-0.05, 0) is 137 Å². The van der Waals surface area contributed by atoms with Crippen molar-refractivity contribution >= 4 is 17.1 Å². The Bertz CT molecular complexity index is 3740. The topological polar surface area (TPSA) is 3.24 Å². The molecule has 12 aromatic carbocycles. The molecule has 0 fully saturated rings. The molecular formula is C74H51N. The molecular weight excluding hydrogens is 903 g/mol. The van der Waals surface area contributed by atoms with Crippen LogP contribution in [0, 0.1) is 0 Å². The molecule has 0 aliphatic heterocycles. The molecule has 0 unspecified atom stereocenters. The standard InChI is InChI=1S/C74H51N/c1-6-25-52(26-7-1)53-27-20-38-60(49-53)75(61-39-21-28-54(50-61)63-43-23-45-67-65-41-16-18-47-69(65)73(71(63)67,56-30-8-2-9-31-56)57-32-10-3-11-33-57)62-40-22-29-55(51-62)64-44-24-46-68-66-42-17-19-48-70(66)74(72(64)68,58-34-12-4-13-35-58)59-36-14-5-15-37-59/h1-51H. The van der Waals surface area contributed by atoms with Crippen molar-refractivity contribution in [2.75, 3.05) is 4.90 Å². The van der Waals surface area contributed by atoms with E-state index in [-0.39, 0.29) is 0 Å². The van der Waals surface area contributed by atoms with E-state index in [2.05, 4.69) is 314 Å². The third-order valence-electron chi connectivity index (χ3n) is 16.0. The van der Waals surface area contributed by atoms with E-state index in [4.69, 9.17) is 0 Å². The second-order valence-electron chi connectivity index (χ2n) is 19.9. The molecule has 0 N–H and O–H groups in total. The lowest BCUT2D eigenvalue weighted by Crippen LogP contribution is -2.29. The summed E-state index contributed by atoms with van der Waals surface area (Å²) in [5, 5.41) is 0. The van der Waals surface area contributed by atoms with Gasteiger partial charge in [-0.2, -0.15) is 0 Å². The minimum absolute atomic E-state index is 0.552. The van der Waals surface area contributed by atoms with Crippen molar-refractivity contribution in [2.24, 2.45) is 0 Å². The van der Waals surface area contributed by atoms with Gasteiger partial charge in [-0.25, -0.2) is 0 Å². The molecule has 0 saturated heterocycles. The molecule has 1 heteroatoms. The molecule has 0 heterocycles. The van der Waals surface area contributed by atoms with Crippen LogP contribution in [-0.2, 0) is 10.8 Å². The van der Waals surface area contributed by atoms with Crippen LogP contribution in [0.5, 0.6) is 0 Å². The molecule has 2 aliphatic rings. The molecule has 0 spiro atoms. The molecule has 0 bridgehead atoms. The second-order valence-corrected chi connectivity index (χ2v) is 19.9. The minimum Gasteiger partial charge on any atom is -0.310 e. The van der Waals surface area contributed by atoms with E-state index in [1.165, 1.54) is 83.5 Å². The first-order chi connectivity index (χ1) is 37.2. The van der Waals surface area contributed by atoms with E-state index < -0.39 is 10.8 Å². The summed E-state index contributed by atoms with van der Waals surface area (Å²) in [7, 11) is 0. The van der Waals surface area contributed by atoms with Crippen molar-refractivity contribution < 1.29 is 0 Å². The zero-order chi connectivity index (χ0) is 49.8. The first-order valence-electron chi connectivity index (χ1n) is 26.1. The van der Waals surface area contributed by atoms with Crippen LogP contribution in [0.4, 0.5) is 17.1 Å². The third-order valence-corrected chi connectivity index (χ3v) is 16.0. The quantitative estimate of drug-likeness (QED) is 0.132. The number of benzene rings is 12. The number of hydrogen-bond donors (Lipinski definition) is 0. The zero-order valence-corrected chi connectivity index (χ0v) is 41.4. The Labute approximate surface area is 440 Å². The van der Waals surface area contributed by atoms with Gasteiger partial charge in [-0.1, -0.05) is 273 Å². The summed E-state index contributed by atoms with van der Waals surface area (Å²) in [6.45, 7) is 0. The average Bonchev–Trinajstić information content (AvgIpc) is 4.01. The van der Waals surface area contributed by atoms with Gasteiger partial charge in [0.05, 0.1) is 10.8 Å². The average molecular weight is 954 g/mol. The van der Waals surface area contributed by atoms with Crippen LogP contribution in [0.15, 0.2) is 309 Å². The van der Waals surface area contributed by atoms with Gasteiger partial charge in [0.2, 0.25) is 0 Å². The molecule has 0 amide bonds. The number of fused-ring (bicyclic) bond motifs is 6. The van der Waals surface area contributed by atoms with Gasteiger partial charge in [-0.15, -0.1) is 0 Å². The Balaban J connectivity index is 0.988. The van der Waals surface area contributed by atoms with Crippen LogP contribution in [0.1, 0.15) is 44.5 Å². The highest BCUT2D eigenvalue weighted by atomic mass is 15.1. The number of anilines is 3. The van der Waals surface area contributed by atoms with Crippen molar-refractivity contribution in [3.63, 3.8) is 0 Å². The Hall–Kier alpha value is -9.56. The third kappa shape index (κ3) is 6.93. The Morgan fingerprint density at radius 1 is 0.200 bits per heavy atom. The van der Waals surface area contributed by atoms with E-state index in [0.29, 0.717) is 0 Å². The van der Waals surface area contributed by atoms with E-state index >= 15 is 0 Å². The molecule has 0 atom stereocenters. The van der Waals surface area contributed by atoms with E-state index in [0.717, 1.165) is 33.8 Å². The predicted octanol–water partition coefficient (Wildman–Crippen LogP) is 18.9. The molecule has 0 aromatic heterocycles. The van der Waals surface area contributed by atoms with Crippen molar-refractivity contribution in [3.8, 4) is 55.6 Å². The molecule has 12 aromatic rings. The lowest BCUT2D eigenvalue weighted by Gasteiger charge is -2.35. The van der Waals surface area contributed by atoms with Crippen molar-refractivity contribution in [1.82, 2.24) is 0 Å². The summed E-state index contributed by atoms with van der Waals surface area (Å²) >= 11 is 0. The fraction of sp³-hybridized carbons (Fsp3) is 0.0270. The first kappa shape index (κ1) is 44.2. The zero-order valence-electron chi connectivity index (χ0n) is 41.4. The molecule has 352 valence electrons. The minimum atomic E-state index is -0.552. The van der Waals surface area contributed by atoms with Gasteiger partial charge in [-0.3, -0.25) is 0 Å². The largest absolute Gasteiger partial charge is 0.310 e. The normalized spacial score (nSPS) is 13.3. The number of hydrogen-bond acceptors (Lipinski definition) is 1. The first-order valence-corrected chi connectivity index (χ1v) is 26.1. The SMILES string of the molecule is c1ccc(-c2cccc(N(c3cccc(-c4cccc5c4C(c4ccccc4)(c4ccccc4)c4ccccc4-5)c3)c3cccc(-c4cccc5c4C(c4ccccc4)(c4ccccc4)c4ccccc4-5)c3)c2)cc1. The van der Waals surface area contributed by atoms with E-state index in [1.807, 2.05) is 0 Å². The summed E-state index contributed by atoms with van der Waals surface area (Å²) in [5.74, 6) is 0. The summed E-state index contributed by atoms with van der Waals surface area (Å²) in [5.41, 5.74) is 24.5. The summed E-state index contributed by atoms with van der Waals surface area (Å²) < 4.78 is 0. The molecule has 75 heavy (non-hydrogen) atoms. The van der Waals surface area contributed by atoms with Gasteiger partial charge in [0.25, 0.3) is 0 Å². The Morgan fingerprint density at radius 2 is 0.480 bits per heavy atom. The van der Waals surface area contributed by atoms with Gasteiger partial charge < -0.3 is 4.90 Å². The maximum atomic E-state index is 2.46. The van der Waals surface area contributed by atoms with Crippen LogP contribution >= 0.6 is 0 Å². The van der Waals surface area contributed by atoms with Crippen molar-refractivity contribution in [1.29, 1.82) is 0 Å². The van der Waals surface area contributed by atoms with Crippen LogP contribution in [0.3, 0.4) is 0 Å². The van der Waals surface area contributed by atoms with Crippen LogP contribution in [-0.4, -0.2) is 0 Å². The lowest BCUT2D eigenvalue weighted by molar-refractivity contribution is 0.770. The fourth-order valence-corrected chi connectivity index (χ4v) is 13.0. The highest BCUT2D eigenvalue weighted by molar-refractivity contribution is 5.96. The van der Waals surface area contributed by atoms with Crippen LogP contribution in [0.2, 0.25) is 0 Å².